The molecule has 1 aliphatic heterocycles. The average Bonchev–Trinajstić information content (AvgIpc) is 2.71. The molecule has 1 fully saturated rings. The molecule has 7 nitrogen and oxygen atoms in total. The van der Waals surface area contributed by atoms with E-state index >= 15 is 0 Å². The lowest BCUT2D eigenvalue weighted by Gasteiger charge is -2.38. The molecule has 3 rings (SSSR count). The highest BCUT2D eigenvalue weighted by Gasteiger charge is 2.29. The molecule has 1 saturated heterocycles. The second-order valence-electron chi connectivity index (χ2n) is 8.85. The lowest BCUT2D eigenvalue weighted by atomic mass is 9.94. The Bertz CT molecular complexity index is 912. The van der Waals surface area contributed by atoms with Crippen LogP contribution < -0.4 is 10.2 Å². The van der Waals surface area contributed by atoms with Crippen LogP contribution in [-0.4, -0.2) is 58.6 Å². The van der Waals surface area contributed by atoms with Crippen molar-refractivity contribution in [2.24, 2.45) is 5.41 Å². The second-order valence-corrected chi connectivity index (χ2v) is 9.79. The molecule has 166 valence electrons. The number of carbonyl (C=O) groups excluding carboxylic acids is 2. The Morgan fingerprint density at radius 3 is 2.13 bits per heavy atom. The first-order valence-corrected chi connectivity index (χ1v) is 11.5. The molecule has 2 aromatic rings. The van der Waals surface area contributed by atoms with Gasteiger partial charge in [-0.3, -0.25) is 9.59 Å². The number of hydrogen-bond donors (Lipinski definition) is 1. The van der Waals surface area contributed by atoms with Gasteiger partial charge in [-0.05, 0) is 44.2 Å². The van der Waals surface area contributed by atoms with Crippen molar-refractivity contribution in [3.8, 4) is 0 Å². The van der Waals surface area contributed by atoms with E-state index < -0.39 is 0 Å². The van der Waals surface area contributed by atoms with E-state index in [0.717, 1.165) is 48.9 Å². The molecule has 0 unspecified atom stereocenters. The summed E-state index contributed by atoms with van der Waals surface area (Å²) in [5.41, 5.74) is 3.31. The van der Waals surface area contributed by atoms with Crippen molar-refractivity contribution in [2.45, 2.75) is 39.8 Å². The third kappa shape index (κ3) is 6.43. The number of piperazine rings is 1. The fourth-order valence-electron chi connectivity index (χ4n) is 3.48. The summed E-state index contributed by atoms with van der Waals surface area (Å²) in [6.07, 6.45) is 0. The molecule has 0 saturated carbocycles. The molecule has 31 heavy (non-hydrogen) atoms. The maximum Gasteiger partial charge on any atom is 0.234 e. The first kappa shape index (κ1) is 23.1. The van der Waals surface area contributed by atoms with Crippen molar-refractivity contribution < 1.29 is 9.59 Å². The first-order chi connectivity index (χ1) is 14.6. The van der Waals surface area contributed by atoms with E-state index in [-0.39, 0.29) is 23.0 Å². The molecule has 0 atom stereocenters. The van der Waals surface area contributed by atoms with E-state index in [1.165, 1.54) is 11.8 Å². The fourth-order valence-corrected chi connectivity index (χ4v) is 4.23. The number of aryl methyl sites for hydroxylation is 2. The molecule has 0 radical (unpaired) electrons. The molecule has 1 aromatic carbocycles. The SMILES string of the molecule is Cc1cc(C)nc(SCC(=O)Nc2ccc(N3CCN(C(=O)C(C)(C)C)CC3)cc2)n1. The third-order valence-electron chi connectivity index (χ3n) is 5.02. The monoisotopic (exact) mass is 441 g/mol. The van der Waals surface area contributed by atoms with Crippen LogP contribution in [0, 0.1) is 19.3 Å². The summed E-state index contributed by atoms with van der Waals surface area (Å²) in [5.74, 6) is 0.373. The molecular formula is C23H31N5O2S. The van der Waals surface area contributed by atoms with Crippen molar-refractivity contribution in [2.75, 3.05) is 42.1 Å². The van der Waals surface area contributed by atoms with E-state index in [1.807, 2.05) is 69.9 Å². The summed E-state index contributed by atoms with van der Waals surface area (Å²) in [7, 11) is 0. The summed E-state index contributed by atoms with van der Waals surface area (Å²) >= 11 is 1.33. The Morgan fingerprint density at radius 1 is 1.00 bits per heavy atom. The third-order valence-corrected chi connectivity index (χ3v) is 5.87. The molecule has 2 amide bonds. The second kappa shape index (κ2) is 9.68. The van der Waals surface area contributed by atoms with Gasteiger partial charge in [0.05, 0.1) is 5.75 Å². The van der Waals surface area contributed by atoms with Crippen molar-refractivity contribution in [1.82, 2.24) is 14.9 Å². The smallest absolute Gasteiger partial charge is 0.234 e. The number of nitrogens with one attached hydrogen (secondary N) is 1. The molecule has 2 heterocycles. The highest BCUT2D eigenvalue weighted by atomic mass is 32.2. The number of thioether (sulfide) groups is 1. The molecule has 1 aliphatic rings. The Morgan fingerprint density at radius 2 is 1.58 bits per heavy atom. The van der Waals surface area contributed by atoms with Gasteiger partial charge in [-0.1, -0.05) is 32.5 Å². The number of aromatic nitrogens is 2. The molecule has 0 bridgehead atoms. The topological polar surface area (TPSA) is 78.4 Å². The zero-order chi connectivity index (χ0) is 22.6. The van der Waals surface area contributed by atoms with E-state index in [0.29, 0.717) is 5.16 Å². The summed E-state index contributed by atoms with van der Waals surface area (Å²) in [6.45, 7) is 12.8. The minimum absolute atomic E-state index is 0.0881. The molecule has 1 aromatic heterocycles. The van der Waals surface area contributed by atoms with Gasteiger partial charge in [-0.15, -0.1) is 0 Å². The van der Waals surface area contributed by atoms with E-state index in [1.54, 1.807) is 0 Å². The number of hydrogen-bond acceptors (Lipinski definition) is 6. The van der Waals surface area contributed by atoms with Gasteiger partial charge in [0.15, 0.2) is 5.16 Å². The van der Waals surface area contributed by atoms with Crippen LogP contribution >= 0.6 is 11.8 Å². The van der Waals surface area contributed by atoms with Gasteiger partial charge in [0.1, 0.15) is 0 Å². The van der Waals surface area contributed by atoms with Crippen molar-refractivity contribution >= 4 is 35.0 Å². The van der Waals surface area contributed by atoms with Gasteiger partial charge in [0, 0.05) is 54.4 Å². The maximum absolute atomic E-state index is 12.4. The number of amides is 2. The largest absolute Gasteiger partial charge is 0.368 e. The van der Waals surface area contributed by atoms with Crippen LogP contribution in [0.2, 0.25) is 0 Å². The van der Waals surface area contributed by atoms with Crippen LogP contribution in [-0.2, 0) is 9.59 Å². The molecular weight excluding hydrogens is 410 g/mol. The number of nitrogens with zero attached hydrogens (tertiary/aromatic N) is 4. The fraction of sp³-hybridized carbons (Fsp3) is 0.478. The average molecular weight is 442 g/mol. The maximum atomic E-state index is 12.4. The van der Waals surface area contributed by atoms with E-state index in [9.17, 15) is 9.59 Å². The minimum Gasteiger partial charge on any atom is -0.368 e. The number of benzene rings is 1. The Labute approximate surface area is 188 Å². The van der Waals surface area contributed by atoms with Gasteiger partial charge in [0.25, 0.3) is 0 Å². The van der Waals surface area contributed by atoms with Crippen LogP contribution in [0.25, 0.3) is 0 Å². The van der Waals surface area contributed by atoms with Gasteiger partial charge in [-0.25, -0.2) is 9.97 Å². The van der Waals surface area contributed by atoms with Crippen LogP contribution in [0.15, 0.2) is 35.5 Å². The summed E-state index contributed by atoms with van der Waals surface area (Å²) in [4.78, 5) is 37.6. The summed E-state index contributed by atoms with van der Waals surface area (Å²) in [6, 6.07) is 9.76. The van der Waals surface area contributed by atoms with E-state index in [2.05, 4.69) is 20.2 Å². The minimum atomic E-state index is -0.343. The normalized spacial score (nSPS) is 14.5. The van der Waals surface area contributed by atoms with Crippen LogP contribution in [0.1, 0.15) is 32.2 Å². The summed E-state index contributed by atoms with van der Waals surface area (Å²) in [5, 5.41) is 3.54. The number of rotatable bonds is 5. The van der Waals surface area contributed by atoms with Crippen molar-refractivity contribution in [3.05, 3.63) is 41.7 Å². The van der Waals surface area contributed by atoms with E-state index in [4.69, 9.17) is 0 Å². The highest BCUT2D eigenvalue weighted by molar-refractivity contribution is 7.99. The zero-order valence-corrected chi connectivity index (χ0v) is 19.8. The predicted molar refractivity (Wildman–Crippen MR) is 126 cm³/mol. The lowest BCUT2D eigenvalue weighted by Crippen LogP contribution is -2.51. The Hall–Kier alpha value is -2.61. The molecule has 0 aliphatic carbocycles. The Kier molecular flexibility index (Phi) is 7.20. The van der Waals surface area contributed by atoms with Gasteiger partial charge in [-0.2, -0.15) is 0 Å². The highest BCUT2D eigenvalue weighted by Crippen LogP contribution is 2.23. The van der Waals surface area contributed by atoms with Gasteiger partial charge in [0.2, 0.25) is 11.8 Å². The zero-order valence-electron chi connectivity index (χ0n) is 18.9. The predicted octanol–water partition coefficient (Wildman–Crippen LogP) is 3.52. The molecule has 8 heteroatoms. The quantitative estimate of drug-likeness (QED) is 0.565. The number of anilines is 2. The van der Waals surface area contributed by atoms with Crippen LogP contribution in [0.5, 0.6) is 0 Å². The number of carbonyl (C=O) groups is 2. The van der Waals surface area contributed by atoms with Crippen LogP contribution in [0.3, 0.4) is 0 Å². The van der Waals surface area contributed by atoms with Gasteiger partial charge < -0.3 is 15.1 Å². The first-order valence-electron chi connectivity index (χ1n) is 10.5. The lowest BCUT2D eigenvalue weighted by molar-refractivity contribution is -0.139. The van der Waals surface area contributed by atoms with Crippen molar-refractivity contribution in [1.29, 1.82) is 0 Å². The Balaban J connectivity index is 1.49. The standard InChI is InChI=1S/C23H31N5O2S/c1-16-14-17(2)25-22(24-16)31-15-20(29)26-18-6-8-19(9-7-18)27-10-12-28(13-11-27)21(30)23(3,4)5/h6-9,14H,10-13,15H2,1-5H3,(H,26,29). The molecule has 1 N–H and O–H groups in total. The van der Waals surface area contributed by atoms with Crippen molar-refractivity contribution in [3.63, 3.8) is 0 Å². The van der Waals surface area contributed by atoms with Gasteiger partial charge >= 0.3 is 0 Å². The summed E-state index contributed by atoms with van der Waals surface area (Å²) < 4.78 is 0. The molecule has 0 spiro atoms. The van der Waals surface area contributed by atoms with Crippen LogP contribution in [0.4, 0.5) is 11.4 Å².